The number of ether oxygens (including phenoxy) is 1. The van der Waals surface area contributed by atoms with E-state index in [9.17, 15) is 9.59 Å². The van der Waals surface area contributed by atoms with E-state index in [0.29, 0.717) is 19.3 Å². The zero-order valence-electron chi connectivity index (χ0n) is 6.40. The lowest BCUT2D eigenvalue weighted by molar-refractivity contribution is -0.119. The number of likely N-dealkylation sites (tertiary alicyclic amines) is 1. The van der Waals surface area contributed by atoms with Crippen molar-refractivity contribution < 1.29 is 19.4 Å². The van der Waals surface area contributed by atoms with Gasteiger partial charge in [-0.1, -0.05) is 0 Å². The molecule has 0 aromatic carbocycles. The first-order valence-corrected chi connectivity index (χ1v) is 3.76. The summed E-state index contributed by atoms with van der Waals surface area (Å²) in [6.07, 6.45) is 0.0934. The van der Waals surface area contributed by atoms with Crippen molar-refractivity contribution in [2.75, 3.05) is 13.2 Å². The van der Waals surface area contributed by atoms with Gasteiger partial charge in [0, 0.05) is 6.42 Å². The van der Waals surface area contributed by atoms with Crippen molar-refractivity contribution >= 4 is 12.4 Å². The van der Waals surface area contributed by atoms with E-state index in [1.54, 1.807) is 0 Å². The summed E-state index contributed by atoms with van der Waals surface area (Å²) in [5.74, 6) is 0. The first-order valence-electron chi connectivity index (χ1n) is 3.76. The van der Waals surface area contributed by atoms with Crippen LogP contribution >= 0.6 is 0 Å². The summed E-state index contributed by atoms with van der Waals surface area (Å²) < 4.78 is 5.19. The van der Waals surface area contributed by atoms with Gasteiger partial charge in [0.2, 0.25) is 0 Å². The number of carbonyl (C=O) groups excluding carboxylic acids is 1. The molecule has 0 aromatic heterocycles. The molecular weight excluding hydrogens is 162 g/mol. The molecule has 2 aliphatic rings. The van der Waals surface area contributed by atoms with Gasteiger partial charge >= 0.3 is 6.09 Å². The molecule has 2 rings (SSSR count). The Morgan fingerprint density at radius 1 is 1.75 bits per heavy atom. The van der Waals surface area contributed by atoms with Crippen molar-refractivity contribution in [3.05, 3.63) is 0 Å². The minimum atomic E-state index is -1.03. The number of morpholine rings is 1. The predicted octanol–water partition coefficient (Wildman–Crippen LogP) is -0.293. The molecule has 5 nitrogen and oxygen atoms in total. The fraction of sp³-hybridized carbons (Fsp3) is 0.714. The van der Waals surface area contributed by atoms with Crippen LogP contribution in [0.5, 0.6) is 0 Å². The van der Waals surface area contributed by atoms with E-state index in [1.165, 1.54) is 4.90 Å². The Kier molecular flexibility index (Phi) is 1.38. The van der Waals surface area contributed by atoms with Crippen LogP contribution in [0.15, 0.2) is 0 Å². The molecule has 0 unspecified atom stereocenters. The Morgan fingerprint density at radius 2 is 2.50 bits per heavy atom. The van der Waals surface area contributed by atoms with Gasteiger partial charge in [0.1, 0.15) is 11.8 Å². The molecule has 2 aliphatic heterocycles. The van der Waals surface area contributed by atoms with Gasteiger partial charge in [-0.2, -0.15) is 0 Å². The van der Waals surface area contributed by atoms with Crippen LogP contribution in [0.2, 0.25) is 0 Å². The maximum Gasteiger partial charge on any atom is 0.408 e. The van der Waals surface area contributed by atoms with Crippen molar-refractivity contribution in [2.45, 2.75) is 18.1 Å². The van der Waals surface area contributed by atoms with Gasteiger partial charge in [0.25, 0.3) is 0 Å². The number of carbonyl (C=O) groups is 2. The van der Waals surface area contributed by atoms with Crippen LogP contribution in [-0.4, -0.2) is 47.2 Å². The van der Waals surface area contributed by atoms with Gasteiger partial charge in [-0.25, -0.2) is 4.79 Å². The highest BCUT2D eigenvalue weighted by Crippen LogP contribution is 2.36. The molecular formula is C7H9NO4. The number of carboxylic acid groups (broad SMARTS) is 1. The van der Waals surface area contributed by atoms with Crippen LogP contribution < -0.4 is 0 Å². The molecule has 0 spiro atoms. The quantitative estimate of drug-likeness (QED) is 0.550. The SMILES string of the molecule is O=C[C@]12CO[C@H](CN1C(=O)O)C2. The lowest BCUT2D eigenvalue weighted by atomic mass is 10.0. The Balaban J connectivity index is 2.28. The van der Waals surface area contributed by atoms with Crippen molar-refractivity contribution in [3.8, 4) is 0 Å². The largest absolute Gasteiger partial charge is 0.465 e. The third-order valence-corrected chi connectivity index (χ3v) is 2.52. The number of amides is 1. The Labute approximate surface area is 68.9 Å². The summed E-state index contributed by atoms with van der Waals surface area (Å²) in [6, 6.07) is 0. The minimum absolute atomic E-state index is 0.0775. The molecule has 5 heteroatoms. The molecule has 1 N–H and O–H groups in total. The summed E-state index contributed by atoms with van der Waals surface area (Å²) in [5, 5.41) is 8.74. The van der Waals surface area contributed by atoms with Gasteiger partial charge in [0.15, 0.2) is 0 Å². The van der Waals surface area contributed by atoms with Gasteiger partial charge < -0.3 is 14.6 Å². The maximum absolute atomic E-state index is 10.7. The van der Waals surface area contributed by atoms with Crippen LogP contribution in [0.4, 0.5) is 4.79 Å². The lowest BCUT2D eigenvalue weighted by Crippen LogP contribution is -2.52. The summed E-state index contributed by atoms with van der Waals surface area (Å²) in [5.41, 5.74) is -0.878. The lowest BCUT2D eigenvalue weighted by Gasteiger charge is -2.31. The van der Waals surface area contributed by atoms with Gasteiger partial charge in [-0.3, -0.25) is 4.90 Å². The first-order chi connectivity index (χ1) is 5.68. The van der Waals surface area contributed by atoms with E-state index >= 15 is 0 Å². The summed E-state index contributed by atoms with van der Waals surface area (Å²) in [4.78, 5) is 22.6. The van der Waals surface area contributed by atoms with Crippen molar-refractivity contribution in [3.63, 3.8) is 0 Å². The van der Waals surface area contributed by atoms with E-state index in [-0.39, 0.29) is 12.7 Å². The highest BCUT2D eigenvalue weighted by atomic mass is 16.5. The molecule has 2 heterocycles. The average Bonchev–Trinajstić information content (AvgIpc) is 2.60. The number of aldehydes is 1. The normalized spacial score (nSPS) is 38.7. The monoisotopic (exact) mass is 171 g/mol. The molecule has 0 aromatic rings. The molecule has 0 saturated carbocycles. The van der Waals surface area contributed by atoms with Gasteiger partial charge in [-0.15, -0.1) is 0 Å². The Bertz CT molecular complexity index is 242. The average molecular weight is 171 g/mol. The second kappa shape index (κ2) is 2.20. The Hall–Kier alpha value is -1.10. The fourth-order valence-corrected chi connectivity index (χ4v) is 1.88. The van der Waals surface area contributed by atoms with E-state index in [0.717, 1.165) is 0 Å². The van der Waals surface area contributed by atoms with E-state index in [1.807, 2.05) is 0 Å². The standard InChI is InChI=1S/C7H9NO4/c9-3-7-1-5(12-4-7)2-8(7)6(10)11/h3,5H,1-2,4H2,(H,10,11)/t5-,7+/m0/s1. The molecule has 2 atom stereocenters. The van der Waals surface area contributed by atoms with Crippen molar-refractivity contribution in [1.29, 1.82) is 0 Å². The number of nitrogens with zero attached hydrogens (tertiary/aromatic N) is 1. The van der Waals surface area contributed by atoms with E-state index in [2.05, 4.69) is 0 Å². The highest BCUT2D eigenvalue weighted by molar-refractivity contribution is 5.77. The van der Waals surface area contributed by atoms with Crippen LogP contribution in [0, 0.1) is 0 Å². The molecule has 1 amide bonds. The zero-order chi connectivity index (χ0) is 8.77. The van der Waals surface area contributed by atoms with Crippen molar-refractivity contribution in [1.82, 2.24) is 4.90 Å². The smallest absolute Gasteiger partial charge is 0.408 e. The zero-order valence-corrected chi connectivity index (χ0v) is 6.40. The van der Waals surface area contributed by atoms with E-state index < -0.39 is 11.6 Å². The number of fused-ring (bicyclic) bond motifs is 2. The summed E-state index contributed by atoms with van der Waals surface area (Å²) in [6.45, 7) is 0.543. The molecule has 2 saturated heterocycles. The summed E-state index contributed by atoms with van der Waals surface area (Å²) >= 11 is 0. The minimum Gasteiger partial charge on any atom is -0.465 e. The van der Waals surface area contributed by atoms with Crippen LogP contribution in [0.1, 0.15) is 6.42 Å². The van der Waals surface area contributed by atoms with Gasteiger partial charge in [-0.05, 0) is 0 Å². The molecule has 2 bridgehead atoms. The van der Waals surface area contributed by atoms with Crippen LogP contribution in [0.3, 0.4) is 0 Å². The number of hydrogen-bond acceptors (Lipinski definition) is 3. The number of hydrogen-bond donors (Lipinski definition) is 1. The molecule has 2 fully saturated rings. The Morgan fingerprint density at radius 3 is 2.92 bits per heavy atom. The third kappa shape index (κ3) is 0.768. The molecule has 0 radical (unpaired) electrons. The third-order valence-electron chi connectivity index (χ3n) is 2.52. The summed E-state index contributed by atoms with van der Waals surface area (Å²) in [7, 11) is 0. The molecule has 12 heavy (non-hydrogen) atoms. The number of rotatable bonds is 1. The first kappa shape index (κ1) is 7.54. The second-order valence-electron chi connectivity index (χ2n) is 3.25. The van der Waals surface area contributed by atoms with Crippen LogP contribution in [0.25, 0.3) is 0 Å². The molecule has 66 valence electrons. The highest BCUT2D eigenvalue weighted by Gasteiger charge is 2.54. The van der Waals surface area contributed by atoms with Gasteiger partial charge in [0.05, 0.1) is 19.3 Å². The fourth-order valence-electron chi connectivity index (χ4n) is 1.88. The predicted molar refractivity (Wildman–Crippen MR) is 37.9 cm³/mol. The second-order valence-corrected chi connectivity index (χ2v) is 3.25. The van der Waals surface area contributed by atoms with E-state index in [4.69, 9.17) is 9.84 Å². The van der Waals surface area contributed by atoms with Crippen LogP contribution in [-0.2, 0) is 9.53 Å². The molecule has 0 aliphatic carbocycles. The maximum atomic E-state index is 10.7. The van der Waals surface area contributed by atoms with Crippen molar-refractivity contribution in [2.24, 2.45) is 0 Å². The topological polar surface area (TPSA) is 66.8 Å².